The van der Waals surface area contributed by atoms with Crippen LogP contribution in [0.25, 0.3) is 0 Å². The van der Waals surface area contributed by atoms with E-state index in [2.05, 4.69) is 10.2 Å². The Morgan fingerprint density at radius 3 is 2.50 bits per heavy atom. The Balaban J connectivity index is 1.53. The van der Waals surface area contributed by atoms with E-state index in [9.17, 15) is 4.79 Å². The van der Waals surface area contributed by atoms with Gasteiger partial charge in [-0.1, -0.05) is 41.0 Å². The Morgan fingerprint density at radius 1 is 1.25 bits per heavy atom. The number of aromatic nitrogens is 2. The molecule has 9 heteroatoms. The SMILES string of the molecule is CC(C)(C)OC(=O)N1CCC(c2nnc(SCc3c(Cl)cccc3Cl)o2)CC1. The third-order valence-electron chi connectivity index (χ3n) is 4.32. The Hall–Kier alpha value is -1.44. The fourth-order valence-corrected chi connectivity index (χ4v) is 4.39. The molecule has 2 aromatic rings. The summed E-state index contributed by atoms with van der Waals surface area (Å²) >= 11 is 13.8. The molecular formula is C19H23Cl2N3O3S. The first-order valence-electron chi connectivity index (χ1n) is 9.10. The summed E-state index contributed by atoms with van der Waals surface area (Å²) in [5.74, 6) is 1.30. The summed E-state index contributed by atoms with van der Waals surface area (Å²) in [4.78, 5) is 13.9. The standard InChI is InChI=1S/C19H23Cl2N3O3S/c1-19(2,3)27-18(25)24-9-7-12(8-10-24)16-22-23-17(26-16)28-11-13-14(20)5-4-6-15(13)21/h4-6,12H,7-11H2,1-3H3. The summed E-state index contributed by atoms with van der Waals surface area (Å²) < 4.78 is 11.2. The number of benzene rings is 1. The van der Waals surface area contributed by atoms with Crippen LogP contribution >= 0.6 is 35.0 Å². The predicted octanol–water partition coefficient (Wildman–Crippen LogP) is 5.78. The van der Waals surface area contributed by atoms with Crippen LogP contribution < -0.4 is 0 Å². The molecule has 0 radical (unpaired) electrons. The zero-order valence-electron chi connectivity index (χ0n) is 16.1. The highest BCUT2D eigenvalue weighted by molar-refractivity contribution is 7.98. The van der Waals surface area contributed by atoms with Crippen molar-refractivity contribution in [3.05, 3.63) is 39.7 Å². The fourth-order valence-electron chi connectivity index (χ4n) is 2.88. The van der Waals surface area contributed by atoms with Crippen molar-refractivity contribution in [2.24, 2.45) is 0 Å². The van der Waals surface area contributed by atoms with Crippen molar-refractivity contribution >= 4 is 41.1 Å². The lowest BCUT2D eigenvalue weighted by Crippen LogP contribution is -2.41. The normalized spacial score (nSPS) is 15.7. The number of hydrogen-bond donors (Lipinski definition) is 0. The van der Waals surface area contributed by atoms with Crippen molar-refractivity contribution in [2.75, 3.05) is 13.1 Å². The minimum absolute atomic E-state index is 0.143. The lowest BCUT2D eigenvalue weighted by molar-refractivity contribution is 0.0198. The molecule has 1 aromatic carbocycles. The molecule has 0 atom stereocenters. The smallest absolute Gasteiger partial charge is 0.410 e. The summed E-state index contributed by atoms with van der Waals surface area (Å²) in [5.41, 5.74) is 0.359. The van der Waals surface area contributed by atoms with Crippen LogP contribution in [0.15, 0.2) is 27.8 Å². The van der Waals surface area contributed by atoms with Crippen molar-refractivity contribution in [3.8, 4) is 0 Å². The summed E-state index contributed by atoms with van der Waals surface area (Å²) in [6.45, 7) is 6.82. The molecule has 1 aliphatic heterocycles. The van der Waals surface area contributed by atoms with E-state index in [1.54, 1.807) is 17.0 Å². The van der Waals surface area contributed by atoms with Crippen LogP contribution in [0.3, 0.4) is 0 Å². The first-order valence-corrected chi connectivity index (χ1v) is 10.8. The van der Waals surface area contributed by atoms with Crippen LogP contribution in [-0.4, -0.2) is 39.9 Å². The lowest BCUT2D eigenvalue weighted by atomic mass is 9.97. The van der Waals surface area contributed by atoms with Crippen molar-refractivity contribution in [1.82, 2.24) is 15.1 Å². The number of likely N-dealkylation sites (tertiary alicyclic amines) is 1. The quantitative estimate of drug-likeness (QED) is 0.557. The van der Waals surface area contributed by atoms with Gasteiger partial charge in [0.15, 0.2) is 0 Å². The third kappa shape index (κ3) is 5.55. The monoisotopic (exact) mass is 443 g/mol. The van der Waals surface area contributed by atoms with Crippen molar-refractivity contribution in [2.45, 2.75) is 56.1 Å². The summed E-state index contributed by atoms with van der Waals surface area (Å²) in [6.07, 6.45) is 1.26. The van der Waals surface area contributed by atoms with Crippen LogP contribution in [-0.2, 0) is 10.5 Å². The summed E-state index contributed by atoms with van der Waals surface area (Å²) in [7, 11) is 0. The van der Waals surface area contributed by atoms with Crippen molar-refractivity contribution < 1.29 is 13.9 Å². The molecule has 0 spiro atoms. The minimum atomic E-state index is -0.489. The maximum atomic E-state index is 12.2. The van der Waals surface area contributed by atoms with Gasteiger partial charge in [-0.05, 0) is 51.3 Å². The Labute approximate surface area is 178 Å². The largest absolute Gasteiger partial charge is 0.444 e. The van der Waals surface area contributed by atoms with Crippen molar-refractivity contribution in [1.29, 1.82) is 0 Å². The average Bonchev–Trinajstić information content (AvgIpc) is 3.09. The maximum Gasteiger partial charge on any atom is 0.410 e. The molecule has 3 rings (SSSR count). The number of rotatable bonds is 4. The molecule has 0 N–H and O–H groups in total. The molecule has 1 amide bonds. The van der Waals surface area contributed by atoms with E-state index in [1.165, 1.54) is 11.8 Å². The van der Waals surface area contributed by atoms with Crippen molar-refractivity contribution in [3.63, 3.8) is 0 Å². The maximum absolute atomic E-state index is 12.2. The van der Waals surface area contributed by atoms with Gasteiger partial charge in [0.25, 0.3) is 5.22 Å². The molecule has 152 valence electrons. The number of halogens is 2. The second-order valence-corrected chi connectivity index (χ2v) is 9.38. The van der Waals surface area contributed by atoms with E-state index in [0.717, 1.165) is 18.4 Å². The zero-order chi connectivity index (χ0) is 20.3. The van der Waals surface area contributed by atoms with E-state index < -0.39 is 5.60 Å². The second-order valence-electron chi connectivity index (χ2n) is 7.64. The van der Waals surface area contributed by atoms with Gasteiger partial charge in [-0.2, -0.15) is 0 Å². The van der Waals surface area contributed by atoms with Gasteiger partial charge >= 0.3 is 6.09 Å². The van der Waals surface area contributed by atoms with E-state index in [0.29, 0.717) is 40.0 Å². The van der Waals surface area contributed by atoms with Crippen LogP contribution in [0, 0.1) is 0 Å². The number of amides is 1. The molecule has 1 aliphatic rings. The molecule has 1 aromatic heterocycles. The molecule has 2 heterocycles. The van der Waals surface area contributed by atoms with E-state index in [4.69, 9.17) is 32.4 Å². The van der Waals surface area contributed by atoms with Gasteiger partial charge in [-0.3, -0.25) is 0 Å². The van der Waals surface area contributed by atoms with E-state index >= 15 is 0 Å². The first-order chi connectivity index (χ1) is 13.2. The van der Waals surface area contributed by atoms with E-state index in [1.807, 2.05) is 26.8 Å². The van der Waals surface area contributed by atoms with Crippen LogP contribution in [0.1, 0.15) is 51.0 Å². The molecule has 1 saturated heterocycles. The van der Waals surface area contributed by atoms with Crippen LogP contribution in [0.5, 0.6) is 0 Å². The number of hydrogen-bond acceptors (Lipinski definition) is 6. The molecule has 28 heavy (non-hydrogen) atoms. The predicted molar refractivity (Wildman–Crippen MR) is 110 cm³/mol. The highest BCUT2D eigenvalue weighted by Gasteiger charge is 2.30. The number of piperidine rings is 1. The van der Waals surface area contributed by atoms with Gasteiger partial charge in [0, 0.05) is 34.8 Å². The molecule has 6 nitrogen and oxygen atoms in total. The Kier molecular flexibility index (Phi) is 6.78. The number of carbonyl (C=O) groups is 1. The molecular weight excluding hydrogens is 421 g/mol. The number of nitrogens with zero attached hydrogens (tertiary/aromatic N) is 3. The van der Waals surface area contributed by atoms with Crippen LogP contribution in [0.4, 0.5) is 4.79 Å². The number of carbonyl (C=O) groups excluding carboxylic acids is 1. The van der Waals surface area contributed by atoms with Gasteiger partial charge in [-0.15, -0.1) is 10.2 Å². The highest BCUT2D eigenvalue weighted by atomic mass is 35.5. The second kappa shape index (κ2) is 8.93. The average molecular weight is 444 g/mol. The summed E-state index contributed by atoms with van der Waals surface area (Å²) in [5, 5.41) is 10.0. The molecule has 0 bridgehead atoms. The first kappa shape index (κ1) is 21.3. The van der Waals surface area contributed by atoms with Gasteiger partial charge in [0.2, 0.25) is 5.89 Å². The van der Waals surface area contributed by atoms with Gasteiger partial charge < -0.3 is 14.1 Å². The fraction of sp³-hybridized carbons (Fsp3) is 0.526. The Morgan fingerprint density at radius 2 is 1.89 bits per heavy atom. The summed E-state index contributed by atoms with van der Waals surface area (Å²) in [6, 6.07) is 5.43. The number of ether oxygens (including phenoxy) is 1. The van der Waals surface area contributed by atoms with E-state index in [-0.39, 0.29) is 12.0 Å². The molecule has 0 saturated carbocycles. The minimum Gasteiger partial charge on any atom is -0.444 e. The zero-order valence-corrected chi connectivity index (χ0v) is 18.4. The third-order valence-corrected chi connectivity index (χ3v) is 5.87. The van der Waals surface area contributed by atoms with Gasteiger partial charge in [0.05, 0.1) is 0 Å². The number of thioether (sulfide) groups is 1. The molecule has 0 unspecified atom stereocenters. The highest BCUT2D eigenvalue weighted by Crippen LogP contribution is 2.33. The lowest BCUT2D eigenvalue weighted by Gasteiger charge is -2.32. The van der Waals surface area contributed by atoms with Crippen LogP contribution in [0.2, 0.25) is 10.0 Å². The van der Waals surface area contributed by atoms with Gasteiger partial charge in [-0.25, -0.2) is 4.79 Å². The van der Waals surface area contributed by atoms with Gasteiger partial charge in [0.1, 0.15) is 5.60 Å². The Bertz CT molecular complexity index is 810. The molecule has 1 fully saturated rings. The topological polar surface area (TPSA) is 68.5 Å². The molecule has 0 aliphatic carbocycles.